The molecule has 0 bridgehead atoms. The molecule has 1 aromatic heterocycles. The summed E-state index contributed by atoms with van der Waals surface area (Å²) in [4.78, 5) is 31.1. The highest BCUT2D eigenvalue weighted by molar-refractivity contribution is 7.22. The number of aryl methyl sites for hydroxylation is 1. The van der Waals surface area contributed by atoms with Crippen LogP contribution in [0.1, 0.15) is 53.2 Å². The minimum atomic E-state index is -0.784. The van der Waals surface area contributed by atoms with Crippen molar-refractivity contribution < 1.29 is 18.7 Å². The predicted molar refractivity (Wildman–Crippen MR) is 224 cm³/mol. The number of hydrogen-bond donors (Lipinski definition) is 0. The summed E-state index contributed by atoms with van der Waals surface area (Å²) in [6.45, 7) is 11.6. The Morgan fingerprint density at radius 3 is 2.25 bits per heavy atom. The summed E-state index contributed by atoms with van der Waals surface area (Å²) < 4.78 is 22.1. The van der Waals surface area contributed by atoms with Crippen LogP contribution in [-0.4, -0.2) is 23.1 Å². The Morgan fingerprint density at radius 1 is 0.855 bits per heavy atom. The highest BCUT2D eigenvalue weighted by Crippen LogP contribution is 2.32. The van der Waals surface area contributed by atoms with Gasteiger partial charge in [0.15, 0.2) is 11.6 Å². The first-order chi connectivity index (χ1) is 26.7. The molecule has 7 aromatic rings. The molecule has 1 unspecified atom stereocenters. The number of ether oxygens (including phenoxy) is 1. The van der Waals surface area contributed by atoms with E-state index in [2.05, 4.69) is 66.6 Å². The van der Waals surface area contributed by atoms with E-state index in [0.717, 1.165) is 56.4 Å². The van der Waals surface area contributed by atoms with Gasteiger partial charge < -0.3 is 4.74 Å². The van der Waals surface area contributed by atoms with E-state index in [4.69, 9.17) is 4.74 Å². The summed E-state index contributed by atoms with van der Waals surface area (Å²) in [5.74, 6) is -2.22. The second kappa shape index (κ2) is 16.2. The third-order valence-electron chi connectivity index (χ3n) is 9.46. The summed E-state index contributed by atoms with van der Waals surface area (Å²) in [7, 11) is 0. The molecule has 8 heteroatoms. The number of fused-ring (bicyclic) bond motifs is 2. The van der Waals surface area contributed by atoms with Gasteiger partial charge >= 0.3 is 5.97 Å². The van der Waals surface area contributed by atoms with Crippen molar-refractivity contribution in [2.75, 3.05) is 5.01 Å². The second-order valence-corrected chi connectivity index (χ2v) is 14.2. The van der Waals surface area contributed by atoms with Gasteiger partial charge in [-0.05, 0) is 105 Å². The van der Waals surface area contributed by atoms with Crippen LogP contribution in [0.3, 0.4) is 0 Å². The van der Waals surface area contributed by atoms with Crippen LogP contribution in [0.25, 0.3) is 43.2 Å². The van der Waals surface area contributed by atoms with E-state index in [9.17, 15) is 9.59 Å². The van der Waals surface area contributed by atoms with Crippen molar-refractivity contribution >= 4 is 55.5 Å². The number of halogens is 1. The summed E-state index contributed by atoms with van der Waals surface area (Å²) in [6.07, 6.45) is 6.49. The lowest BCUT2D eigenvalue weighted by atomic mass is 9.96. The average Bonchev–Trinajstić information content (AvgIpc) is 3.65. The minimum Gasteiger partial charge on any atom is -0.420 e. The fraction of sp³-hybridized carbons (Fsp3) is 0.106. The number of para-hydroxylation sites is 1. The maximum atomic E-state index is 15.6. The van der Waals surface area contributed by atoms with Gasteiger partial charge in [-0.25, -0.2) is 14.2 Å². The Bertz CT molecular complexity index is 2580. The van der Waals surface area contributed by atoms with Crippen LogP contribution >= 0.6 is 11.3 Å². The molecule has 0 aliphatic carbocycles. The maximum absolute atomic E-state index is 15.6. The SMILES string of the molecule is C=CC(=O)N(/N=C/c1cc(C(C)C=C)ccc1C(=O)Oc1ccc(-c2ccc(-c3ccc4cc(CCC)ccc4c3)cc2)cc1F)c1nc2ccccc2s1. The lowest BCUT2D eigenvalue weighted by molar-refractivity contribution is -0.114. The zero-order chi connectivity index (χ0) is 38.5. The standard InChI is InChI=1S/C47H38FN3O3S/c1-5-10-31-13-14-37-27-36(20-19-35(37)25-31)32-15-17-33(18-16-32)38-22-24-43(41(48)28-38)54-46(53)40-23-21-34(30(4)6-2)26-39(40)29-49-51(45(52)7-3)47-50-42-11-8-9-12-44(42)55-47/h6-9,11-30H,2-3,5,10H2,1,4H3/b49-29+. The second-order valence-electron chi connectivity index (χ2n) is 13.2. The number of nitrogens with zero attached hydrogens (tertiary/aromatic N) is 3. The first kappa shape index (κ1) is 36.8. The van der Waals surface area contributed by atoms with Crippen molar-refractivity contribution in [3.05, 3.63) is 175 Å². The number of thiazole rings is 1. The first-order valence-corrected chi connectivity index (χ1v) is 18.8. The molecule has 1 atom stereocenters. The minimum absolute atomic E-state index is 0.0436. The van der Waals surface area contributed by atoms with Crippen LogP contribution in [0.5, 0.6) is 5.75 Å². The van der Waals surface area contributed by atoms with Crippen molar-refractivity contribution in [3.63, 3.8) is 0 Å². The van der Waals surface area contributed by atoms with Gasteiger partial charge in [-0.15, -0.1) is 6.58 Å². The molecule has 272 valence electrons. The highest BCUT2D eigenvalue weighted by Gasteiger charge is 2.20. The van der Waals surface area contributed by atoms with Crippen molar-refractivity contribution in [1.29, 1.82) is 0 Å². The Morgan fingerprint density at radius 2 is 1.55 bits per heavy atom. The third kappa shape index (κ3) is 8.05. The van der Waals surface area contributed by atoms with Gasteiger partial charge in [0.2, 0.25) is 5.13 Å². The molecule has 1 heterocycles. The number of amides is 1. The maximum Gasteiger partial charge on any atom is 0.344 e. The Kier molecular flexibility index (Phi) is 10.9. The first-order valence-electron chi connectivity index (χ1n) is 18.0. The molecule has 0 saturated carbocycles. The molecule has 0 aliphatic heterocycles. The van der Waals surface area contributed by atoms with Crippen molar-refractivity contribution in [3.8, 4) is 28.0 Å². The zero-order valence-corrected chi connectivity index (χ0v) is 31.4. The number of allylic oxidation sites excluding steroid dienone is 1. The number of hydrazone groups is 1. The highest BCUT2D eigenvalue weighted by atomic mass is 32.1. The summed E-state index contributed by atoms with van der Waals surface area (Å²) in [5.41, 5.74) is 7.04. The van der Waals surface area contributed by atoms with E-state index >= 15 is 4.39 Å². The molecular formula is C47H38FN3O3S. The number of carbonyl (C=O) groups excluding carboxylic acids is 2. The van der Waals surface area contributed by atoms with Gasteiger partial charge in [0.05, 0.1) is 22.0 Å². The number of aromatic nitrogens is 1. The van der Waals surface area contributed by atoms with E-state index in [1.54, 1.807) is 30.3 Å². The van der Waals surface area contributed by atoms with Crippen molar-refractivity contribution in [2.45, 2.75) is 32.6 Å². The molecule has 7 rings (SSSR count). The van der Waals surface area contributed by atoms with Gasteiger partial charge in [-0.2, -0.15) is 10.1 Å². The summed E-state index contributed by atoms with van der Waals surface area (Å²) >= 11 is 1.30. The van der Waals surface area contributed by atoms with E-state index in [-0.39, 0.29) is 17.2 Å². The van der Waals surface area contributed by atoms with Crippen LogP contribution in [0, 0.1) is 5.82 Å². The van der Waals surface area contributed by atoms with Gasteiger partial charge in [0.1, 0.15) is 0 Å². The van der Waals surface area contributed by atoms with Gasteiger partial charge in [-0.3, -0.25) is 4.79 Å². The normalized spacial score (nSPS) is 11.8. The number of rotatable bonds is 12. The monoisotopic (exact) mass is 743 g/mol. The predicted octanol–water partition coefficient (Wildman–Crippen LogP) is 11.9. The molecule has 6 nitrogen and oxygen atoms in total. The molecule has 0 radical (unpaired) electrons. The fourth-order valence-electron chi connectivity index (χ4n) is 6.34. The van der Waals surface area contributed by atoms with E-state index in [1.165, 1.54) is 46.0 Å². The molecule has 0 N–H and O–H groups in total. The fourth-order valence-corrected chi connectivity index (χ4v) is 7.27. The number of anilines is 1. The quantitative estimate of drug-likeness (QED) is 0.0312. The number of benzene rings is 6. The third-order valence-corrected chi connectivity index (χ3v) is 10.5. The molecule has 0 fully saturated rings. The van der Waals surface area contributed by atoms with E-state index < -0.39 is 17.7 Å². The molecule has 0 aliphatic rings. The van der Waals surface area contributed by atoms with Crippen LogP contribution in [0.4, 0.5) is 9.52 Å². The van der Waals surface area contributed by atoms with Crippen LogP contribution in [0.2, 0.25) is 0 Å². The van der Waals surface area contributed by atoms with Crippen molar-refractivity contribution in [1.82, 2.24) is 4.98 Å². The van der Waals surface area contributed by atoms with Gasteiger partial charge in [-0.1, -0.05) is 123 Å². The topological polar surface area (TPSA) is 71.9 Å². The Labute approximate surface area is 323 Å². The molecule has 1 amide bonds. The van der Waals surface area contributed by atoms with Gasteiger partial charge in [0.25, 0.3) is 5.91 Å². The smallest absolute Gasteiger partial charge is 0.344 e. The van der Waals surface area contributed by atoms with E-state index in [0.29, 0.717) is 16.3 Å². The molecule has 0 spiro atoms. The molecule has 0 saturated heterocycles. The number of hydrogen-bond acceptors (Lipinski definition) is 6. The lowest BCUT2D eigenvalue weighted by Gasteiger charge is -2.14. The largest absolute Gasteiger partial charge is 0.420 e. The lowest BCUT2D eigenvalue weighted by Crippen LogP contribution is -2.23. The van der Waals surface area contributed by atoms with Crippen LogP contribution in [-0.2, 0) is 11.2 Å². The van der Waals surface area contributed by atoms with Crippen LogP contribution in [0.15, 0.2) is 152 Å². The molecular weight excluding hydrogens is 706 g/mol. The number of carbonyl (C=O) groups is 2. The van der Waals surface area contributed by atoms with Gasteiger partial charge in [0, 0.05) is 5.56 Å². The Hall–Kier alpha value is -6.51. The zero-order valence-electron chi connectivity index (χ0n) is 30.5. The summed E-state index contributed by atoms with van der Waals surface area (Å²) in [5, 5.41) is 8.32. The van der Waals surface area contributed by atoms with E-state index in [1.807, 2.05) is 55.5 Å². The Balaban J connectivity index is 1.12. The average molecular weight is 744 g/mol. The summed E-state index contributed by atoms with van der Waals surface area (Å²) in [6, 6.07) is 38.2. The molecule has 55 heavy (non-hydrogen) atoms. The van der Waals surface area contributed by atoms with Crippen LogP contribution < -0.4 is 9.75 Å². The molecule has 6 aromatic carbocycles. The van der Waals surface area contributed by atoms with Crippen molar-refractivity contribution in [2.24, 2.45) is 5.10 Å². The number of esters is 1.